The number of halogens is 3. The first kappa shape index (κ1) is 25.1. The summed E-state index contributed by atoms with van der Waals surface area (Å²) >= 11 is 0. The van der Waals surface area contributed by atoms with Crippen LogP contribution in [0.2, 0.25) is 0 Å². The Labute approximate surface area is 180 Å². The van der Waals surface area contributed by atoms with E-state index in [0.717, 1.165) is 5.57 Å². The highest BCUT2D eigenvalue weighted by molar-refractivity contribution is 7.89. The van der Waals surface area contributed by atoms with Crippen LogP contribution in [0.5, 0.6) is 0 Å². The summed E-state index contributed by atoms with van der Waals surface area (Å²) in [6, 6.07) is 3.58. The summed E-state index contributed by atoms with van der Waals surface area (Å²) in [6.07, 6.45) is -5.07. The molecule has 174 valence electrons. The van der Waals surface area contributed by atoms with Gasteiger partial charge in [-0.1, -0.05) is 12.6 Å². The van der Waals surface area contributed by atoms with Gasteiger partial charge in [-0.3, -0.25) is 4.98 Å². The highest BCUT2D eigenvalue weighted by Crippen LogP contribution is 2.25. The molecule has 2 atom stereocenters. The second-order valence-corrected chi connectivity index (χ2v) is 9.69. The Balaban J connectivity index is 2.34. The van der Waals surface area contributed by atoms with Crippen molar-refractivity contribution in [1.29, 1.82) is 0 Å². The van der Waals surface area contributed by atoms with Gasteiger partial charge in [-0.2, -0.15) is 13.2 Å². The SMILES string of the molecule is C=C(C)c1cccc(C[C@@H]2[C@H](NS(=O)(=O)CC(F)(F)F)CCCN2C(=O)OC(C)C)n1. The molecule has 1 saturated heterocycles. The number of alkyl halides is 3. The van der Waals surface area contributed by atoms with Crippen molar-refractivity contribution in [2.24, 2.45) is 0 Å². The normalized spacial score (nSPS) is 20.0. The fourth-order valence-corrected chi connectivity index (χ4v) is 4.73. The van der Waals surface area contributed by atoms with Gasteiger partial charge in [0.05, 0.1) is 17.8 Å². The number of carbonyl (C=O) groups is 1. The Morgan fingerprint density at radius 3 is 2.65 bits per heavy atom. The molecule has 1 aromatic heterocycles. The van der Waals surface area contributed by atoms with Gasteiger partial charge in [0, 0.05) is 24.7 Å². The molecule has 0 aromatic carbocycles. The van der Waals surface area contributed by atoms with E-state index in [-0.39, 0.29) is 12.8 Å². The van der Waals surface area contributed by atoms with E-state index < -0.39 is 46.2 Å². The lowest BCUT2D eigenvalue weighted by molar-refractivity contribution is -0.106. The minimum absolute atomic E-state index is 0.146. The number of piperidine rings is 1. The number of nitrogens with one attached hydrogen (secondary N) is 1. The largest absolute Gasteiger partial charge is 0.447 e. The molecule has 1 aliphatic rings. The van der Waals surface area contributed by atoms with Crippen molar-refractivity contribution in [3.05, 3.63) is 36.2 Å². The number of likely N-dealkylation sites (tertiary alicyclic amines) is 1. The number of allylic oxidation sites excluding steroid dienone is 1. The molecule has 1 aromatic rings. The van der Waals surface area contributed by atoms with Crippen LogP contribution in [-0.4, -0.2) is 61.1 Å². The number of amides is 1. The number of rotatable bonds is 7. The van der Waals surface area contributed by atoms with E-state index in [9.17, 15) is 26.4 Å². The minimum atomic E-state index is -4.87. The topological polar surface area (TPSA) is 88.6 Å². The second-order valence-electron chi connectivity index (χ2n) is 7.93. The number of nitrogens with zero attached hydrogens (tertiary/aromatic N) is 2. The first-order valence-corrected chi connectivity index (χ1v) is 11.6. The molecule has 0 unspecified atom stereocenters. The maximum Gasteiger partial charge on any atom is 0.410 e. The highest BCUT2D eigenvalue weighted by atomic mass is 32.2. The van der Waals surface area contributed by atoms with Crippen LogP contribution in [0, 0.1) is 0 Å². The number of carbonyl (C=O) groups excluding carboxylic acids is 1. The first-order chi connectivity index (χ1) is 14.3. The first-order valence-electron chi connectivity index (χ1n) is 9.93. The number of aromatic nitrogens is 1. The second kappa shape index (κ2) is 9.99. The van der Waals surface area contributed by atoms with Crippen molar-refractivity contribution in [3.8, 4) is 0 Å². The van der Waals surface area contributed by atoms with Crippen LogP contribution in [-0.2, 0) is 21.2 Å². The van der Waals surface area contributed by atoms with Crippen LogP contribution in [0.3, 0.4) is 0 Å². The van der Waals surface area contributed by atoms with Crippen molar-refractivity contribution in [2.45, 2.75) is 64.4 Å². The molecule has 0 saturated carbocycles. The molecule has 1 aliphatic heterocycles. The molecule has 7 nitrogen and oxygen atoms in total. The Hall–Kier alpha value is -2.14. The molecule has 0 radical (unpaired) electrons. The van der Waals surface area contributed by atoms with Gasteiger partial charge in [-0.25, -0.2) is 17.9 Å². The molecular weight excluding hydrogens is 435 g/mol. The van der Waals surface area contributed by atoms with Crippen molar-refractivity contribution >= 4 is 21.7 Å². The molecule has 1 fully saturated rings. The van der Waals surface area contributed by atoms with E-state index in [0.29, 0.717) is 24.4 Å². The molecule has 1 amide bonds. The summed E-state index contributed by atoms with van der Waals surface area (Å²) in [5.74, 6) is -1.98. The lowest BCUT2D eigenvalue weighted by Gasteiger charge is -2.41. The summed E-state index contributed by atoms with van der Waals surface area (Å²) in [4.78, 5) is 18.5. The smallest absolute Gasteiger partial charge is 0.410 e. The summed E-state index contributed by atoms with van der Waals surface area (Å²) in [6.45, 7) is 9.28. The maximum absolute atomic E-state index is 12.7. The zero-order valence-electron chi connectivity index (χ0n) is 17.8. The average Bonchev–Trinajstić information content (AvgIpc) is 2.60. The Morgan fingerprint density at radius 2 is 2.06 bits per heavy atom. The van der Waals surface area contributed by atoms with Gasteiger partial charge in [0.15, 0.2) is 5.75 Å². The van der Waals surface area contributed by atoms with Gasteiger partial charge >= 0.3 is 12.3 Å². The molecule has 0 aliphatic carbocycles. The van der Waals surface area contributed by atoms with E-state index in [1.807, 2.05) is 0 Å². The summed E-state index contributed by atoms with van der Waals surface area (Å²) in [7, 11) is -4.65. The zero-order chi connectivity index (χ0) is 23.4. The van der Waals surface area contributed by atoms with Crippen LogP contribution in [0.1, 0.15) is 45.0 Å². The van der Waals surface area contributed by atoms with Crippen molar-refractivity contribution < 1.29 is 31.1 Å². The number of pyridine rings is 1. The predicted molar refractivity (Wildman–Crippen MR) is 111 cm³/mol. The van der Waals surface area contributed by atoms with Gasteiger partial charge in [0.2, 0.25) is 10.0 Å². The van der Waals surface area contributed by atoms with Gasteiger partial charge < -0.3 is 9.64 Å². The van der Waals surface area contributed by atoms with Crippen LogP contribution in [0.4, 0.5) is 18.0 Å². The highest BCUT2D eigenvalue weighted by Gasteiger charge is 2.41. The van der Waals surface area contributed by atoms with E-state index in [1.54, 1.807) is 39.0 Å². The number of hydrogen-bond donors (Lipinski definition) is 1. The lowest BCUT2D eigenvalue weighted by atomic mass is 9.93. The molecule has 0 spiro atoms. The zero-order valence-corrected chi connectivity index (χ0v) is 18.6. The molecule has 11 heteroatoms. The number of hydrogen-bond acceptors (Lipinski definition) is 5. The third-order valence-electron chi connectivity index (χ3n) is 4.70. The summed E-state index contributed by atoms with van der Waals surface area (Å²) < 4.78 is 69.8. The molecular formula is C20H28F3N3O4S. The van der Waals surface area contributed by atoms with Crippen molar-refractivity contribution in [1.82, 2.24) is 14.6 Å². The maximum atomic E-state index is 12.7. The van der Waals surface area contributed by atoms with Gasteiger partial charge in [-0.05, 0) is 51.3 Å². The molecule has 2 rings (SSSR count). The molecule has 1 N–H and O–H groups in total. The summed E-state index contributed by atoms with van der Waals surface area (Å²) in [5, 5.41) is 0. The van der Waals surface area contributed by atoms with Gasteiger partial charge in [-0.15, -0.1) is 0 Å². The van der Waals surface area contributed by atoms with Gasteiger partial charge in [0.1, 0.15) is 0 Å². The van der Waals surface area contributed by atoms with Crippen LogP contribution in [0.15, 0.2) is 24.8 Å². The fraction of sp³-hybridized carbons (Fsp3) is 0.600. The van der Waals surface area contributed by atoms with E-state index in [4.69, 9.17) is 4.74 Å². The molecule has 31 heavy (non-hydrogen) atoms. The lowest BCUT2D eigenvalue weighted by Crippen LogP contribution is -2.58. The fourth-order valence-electron chi connectivity index (χ4n) is 3.48. The molecule has 2 heterocycles. The standard InChI is InChI=1S/C20H28F3N3O4S/c1-13(2)16-8-5-7-15(24-16)11-18-17(25-31(28,29)12-20(21,22)23)9-6-10-26(18)19(27)30-14(3)4/h5,7-8,14,17-18,25H,1,6,9-12H2,2-4H3/t17-,18-/m1/s1. The Bertz CT molecular complexity index is 903. The average molecular weight is 464 g/mol. The van der Waals surface area contributed by atoms with E-state index >= 15 is 0 Å². The van der Waals surface area contributed by atoms with Crippen LogP contribution in [0.25, 0.3) is 5.57 Å². The monoisotopic (exact) mass is 463 g/mol. The van der Waals surface area contributed by atoms with Crippen molar-refractivity contribution in [3.63, 3.8) is 0 Å². The Kier molecular flexibility index (Phi) is 8.09. The summed E-state index contributed by atoms with van der Waals surface area (Å²) in [5.41, 5.74) is 1.93. The van der Waals surface area contributed by atoms with Crippen molar-refractivity contribution in [2.75, 3.05) is 12.3 Å². The third kappa shape index (κ3) is 7.80. The minimum Gasteiger partial charge on any atom is -0.447 e. The van der Waals surface area contributed by atoms with Gasteiger partial charge in [0.25, 0.3) is 0 Å². The number of ether oxygens (including phenoxy) is 1. The Morgan fingerprint density at radius 1 is 1.39 bits per heavy atom. The van der Waals surface area contributed by atoms with Crippen LogP contribution >= 0.6 is 0 Å². The van der Waals surface area contributed by atoms with E-state index in [2.05, 4.69) is 16.3 Å². The quantitative estimate of drug-likeness (QED) is 0.669. The third-order valence-corrected chi connectivity index (χ3v) is 6.07. The van der Waals surface area contributed by atoms with E-state index in [1.165, 1.54) is 4.90 Å². The predicted octanol–water partition coefficient (Wildman–Crippen LogP) is 3.52. The number of sulfonamides is 1. The molecule has 0 bridgehead atoms. The van der Waals surface area contributed by atoms with Crippen LogP contribution < -0.4 is 4.72 Å².